The third kappa shape index (κ3) is 4.58. The van der Waals surface area contributed by atoms with E-state index in [4.69, 9.17) is 17.0 Å². The lowest BCUT2D eigenvalue weighted by atomic mass is 10.0. The van der Waals surface area contributed by atoms with Crippen LogP contribution < -0.4 is 15.5 Å². The van der Waals surface area contributed by atoms with Gasteiger partial charge in [0, 0.05) is 42.8 Å². The van der Waals surface area contributed by atoms with Gasteiger partial charge in [-0.05, 0) is 79.3 Å². The lowest BCUT2D eigenvalue weighted by Crippen LogP contribution is -2.30. The predicted molar refractivity (Wildman–Crippen MR) is 143 cm³/mol. The number of thiocarbonyl (C=S) groups is 1. The number of methoxy groups -OCH3 is 1. The fraction of sp³-hybridized carbons (Fsp3) is 0.185. The molecule has 1 saturated heterocycles. The van der Waals surface area contributed by atoms with E-state index < -0.39 is 0 Å². The second-order valence-corrected chi connectivity index (χ2v) is 8.85. The molecular formula is C27H26N6O2S. The Balaban J connectivity index is 1.58. The van der Waals surface area contributed by atoms with Crippen molar-refractivity contribution in [2.75, 3.05) is 23.9 Å². The zero-order valence-electron chi connectivity index (χ0n) is 20.0. The van der Waals surface area contributed by atoms with Gasteiger partial charge in [-0.1, -0.05) is 12.1 Å². The van der Waals surface area contributed by atoms with Crippen molar-refractivity contribution >= 4 is 34.6 Å². The van der Waals surface area contributed by atoms with Crippen LogP contribution in [0.1, 0.15) is 29.0 Å². The summed E-state index contributed by atoms with van der Waals surface area (Å²) < 4.78 is 7.01. The number of aromatic nitrogens is 3. The number of hydrogen-bond donors (Lipinski definition) is 2. The fourth-order valence-electron chi connectivity index (χ4n) is 4.53. The number of carbonyl (C=O) groups is 1. The molecule has 9 heteroatoms. The van der Waals surface area contributed by atoms with Gasteiger partial charge in [0.1, 0.15) is 18.5 Å². The number of aryl methyl sites for hydroxylation is 1. The molecular weight excluding hydrogens is 472 g/mol. The Morgan fingerprint density at radius 1 is 1.08 bits per heavy atom. The summed E-state index contributed by atoms with van der Waals surface area (Å²) in [5.41, 5.74) is 4.47. The highest BCUT2D eigenvalue weighted by atomic mass is 32.1. The summed E-state index contributed by atoms with van der Waals surface area (Å²) in [6, 6.07) is 21.3. The number of benzene rings is 1. The molecule has 0 aliphatic carbocycles. The Kier molecular flexibility index (Phi) is 6.75. The molecule has 182 valence electrons. The van der Waals surface area contributed by atoms with E-state index in [1.807, 2.05) is 73.8 Å². The molecule has 2 atom stereocenters. The van der Waals surface area contributed by atoms with E-state index in [1.165, 1.54) is 7.11 Å². The summed E-state index contributed by atoms with van der Waals surface area (Å²) in [7, 11) is 1.50. The lowest BCUT2D eigenvalue weighted by molar-refractivity contribution is -0.119. The summed E-state index contributed by atoms with van der Waals surface area (Å²) in [5, 5.41) is 6.98. The van der Waals surface area contributed by atoms with Crippen molar-refractivity contribution in [1.29, 1.82) is 0 Å². The topological polar surface area (TPSA) is 84.3 Å². The average Bonchev–Trinajstić information content (AvgIpc) is 3.51. The molecule has 0 unspecified atom stereocenters. The van der Waals surface area contributed by atoms with Gasteiger partial charge >= 0.3 is 0 Å². The van der Waals surface area contributed by atoms with E-state index in [-0.39, 0.29) is 24.6 Å². The first-order valence-corrected chi connectivity index (χ1v) is 12.0. The number of ether oxygens (including phenoxy) is 1. The Hall–Kier alpha value is -4.08. The van der Waals surface area contributed by atoms with Crippen molar-refractivity contribution in [2.24, 2.45) is 0 Å². The van der Waals surface area contributed by atoms with Gasteiger partial charge in [-0.15, -0.1) is 0 Å². The second-order valence-electron chi connectivity index (χ2n) is 8.47. The lowest BCUT2D eigenvalue weighted by Gasteiger charge is -2.29. The molecule has 0 radical (unpaired) electrons. The quantitative estimate of drug-likeness (QED) is 0.367. The molecule has 5 rings (SSSR count). The summed E-state index contributed by atoms with van der Waals surface area (Å²) in [6.45, 7) is 1.96. The van der Waals surface area contributed by atoms with E-state index in [2.05, 4.69) is 36.1 Å². The van der Waals surface area contributed by atoms with Crippen LogP contribution >= 0.6 is 12.2 Å². The molecule has 3 aromatic heterocycles. The zero-order valence-corrected chi connectivity index (χ0v) is 20.8. The monoisotopic (exact) mass is 498 g/mol. The number of rotatable bonds is 7. The number of nitrogens with one attached hydrogen (secondary N) is 2. The highest BCUT2D eigenvalue weighted by Crippen LogP contribution is 2.42. The van der Waals surface area contributed by atoms with Crippen LogP contribution in [0.3, 0.4) is 0 Å². The molecule has 1 aliphatic rings. The maximum atomic E-state index is 12.0. The molecule has 8 nitrogen and oxygen atoms in total. The largest absolute Gasteiger partial charge is 0.375 e. The summed E-state index contributed by atoms with van der Waals surface area (Å²) in [5.74, 6) is 0.621. The standard InChI is InChI=1S/C27H26N6O2S/c1-18-16-19(11-12-20(18)30-24(34)17-35-2)33-26(25(31-27(33)36)21-8-3-5-13-28-21)22-9-7-15-32(22)23-10-4-6-14-29-23/h3-16,25-26H,17H2,1-2H3,(H,30,34)(H,31,36)/t25-,26+/m1/s1. The molecule has 36 heavy (non-hydrogen) atoms. The third-order valence-electron chi connectivity index (χ3n) is 6.12. The molecule has 1 amide bonds. The molecule has 4 aromatic rings. The summed E-state index contributed by atoms with van der Waals surface area (Å²) >= 11 is 5.87. The van der Waals surface area contributed by atoms with Crippen molar-refractivity contribution in [3.63, 3.8) is 0 Å². The minimum absolute atomic E-state index is 0.000334. The maximum Gasteiger partial charge on any atom is 0.250 e. The Morgan fingerprint density at radius 3 is 2.58 bits per heavy atom. The Labute approximate surface area is 215 Å². The van der Waals surface area contributed by atoms with Crippen molar-refractivity contribution in [2.45, 2.75) is 19.0 Å². The van der Waals surface area contributed by atoms with Crippen molar-refractivity contribution in [1.82, 2.24) is 19.9 Å². The van der Waals surface area contributed by atoms with Crippen LogP contribution in [-0.2, 0) is 9.53 Å². The normalized spacial score (nSPS) is 17.2. The predicted octanol–water partition coefficient (Wildman–Crippen LogP) is 4.34. The van der Waals surface area contributed by atoms with Crippen LogP contribution in [0, 0.1) is 6.92 Å². The van der Waals surface area contributed by atoms with Crippen molar-refractivity contribution < 1.29 is 9.53 Å². The van der Waals surface area contributed by atoms with Crippen molar-refractivity contribution in [3.8, 4) is 5.82 Å². The van der Waals surface area contributed by atoms with Crippen LogP contribution in [0.2, 0.25) is 0 Å². The van der Waals surface area contributed by atoms with Gasteiger partial charge in [-0.2, -0.15) is 0 Å². The van der Waals surface area contributed by atoms with Crippen LogP contribution in [0.25, 0.3) is 5.82 Å². The van der Waals surface area contributed by atoms with Crippen molar-refractivity contribution in [3.05, 3.63) is 102 Å². The maximum absolute atomic E-state index is 12.0. The van der Waals surface area contributed by atoms with E-state index in [9.17, 15) is 4.79 Å². The minimum Gasteiger partial charge on any atom is -0.375 e. The van der Waals surface area contributed by atoms with Gasteiger partial charge in [0.25, 0.3) is 0 Å². The number of pyridine rings is 2. The van der Waals surface area contributed by atoms with Crippen LogP contribution in [0.4, 0.5) is 11.4 Å². The molecule has 0 bridgehead atoms. The van der Waals surface area contributed by atoms with Crippen LogP contribution in [0.5, 0.6) is 0 Å². The number of carbonyl (C=O) groups excluding carboxylic acids is 1. The van der Waals surface area contributed by atoms with E-state index >= 15 is 0 Å². The molecule has 1 fully saturated rings. The first-order valence-electron chi connectivity index (χ1n) is 11.6. The van der Waals surface area contributed by atoms with Gasteiger partial charge in [0.2, 0.25) is 5.91 Å². The van der Waals surface area contributed by atoms with Gasteiger partial charge in [0.05, 0.1) is 11.7 Å². The first-order chi connectivity index (χ1) is 17.6. The molecule has 2 N–H and O–H groups in total. The zero-order chi connectivity index (χ0) is 25.1. The molecule has 0 saturated carbocycles. The second kappa shape index (κ2) is 10.3. The van der Waals surface area contributed by atoms with Gasteiger partial charge in [-0.25, -0.2) is 4.98 Å². The molecule has 4 heterocycles. The van der Waals surface area contributed by atoms with E-state index in [0.717, 1.165) is 34.1 Å². The Bertz CT molecular complexity index is 1380. The van der Waals surface area contributed by atoms with Gasteiger partial charge in [-0.3, -0.25) is 9.78 Å². The highest BCUT2D eigenvalue weighted by Gasteiger charge is 2.42. The smallest absolute Gasteiger partial charge is 0.250 e. The molecule has 1 aromatic carbocycles. The third-order valence-corrected chi connectivity index (χ3v) is 6.43. The summed E-state index contributed by atoms with van der Waals surface area (Å²) in [4.78, 5) is 23.3. The SMILES string of the molecule is COCC(=O)Nc1ccc(N2C(=S)N[C@H](c3ccccn3)[C@@H]2c2cccn2-c2ccccn2)cc1C. The summed E-state index contributed by atoms with van der Waals surface area (Å²) in [6.07, 6.45) is 5.58. The number of anilines is 2. The molecule has 1 aliphatic heterocycles. The fourth-order valence-corrected chi connectivity index (χ4v) is 4.87. The van der Waals surface area contributed by atoms with E-state index in [0.29, 0.717) is 5.11 Å². The number of amides is 1. The highest BCUT2D eigenvalue weighted by molar-refractivity contribution is 7.80. The van der Waals surface area contributed by atoms with Crippen LogP contribution in [0.15, 0.2) is 85.3 Å². The molecule has 0 spiro atoms. The minimum atomic E-state index is -0.201. The first kappa shape index (κ1) is 23.7. The Morgan fingerprint density at radius 2 is 1.89 bits per heavy atom. The van der Waals surface area contributed by atoms with Crippen LogP contribution in [-0.4, -0.2) is 39.3 Å². The van der Waals surface area contributed by atoms with Gasteiger partial charge < -0.3 is 24.8 Å². The number of nitrogens with zero attached hydrogens (tertiary/aromatic N) is 4. The van der Waals surface area contributed by atoms with E-state index in [1.54, 1.807) is 12.4 Å². The average molecular weight is 499 g/mol. The van der Waals surface area contributed by atoms with Gasteiger partial charge in [0.15, 0.2) is 5.11 Å². The number of hydrogen-bond acceptors (Lipinski definition) is 5.